The summed E-state index contributed by atoms with van der Waals surface area (Å²) in [7, 11) is -15.8. The number of phenols is 2. The summed E-state index contributed by atoms with van der Waals surface area (Å²) >= 11 is 13.7. The number of fused-ring (bicyclic) bond motifs is 4. The van der Waals surface area contributed by atoms with Crippen molar-refractivity contribution in [2.24, 2.45) is 0 Å². The lowest BCUT2D eigenvalue weighted by atomic mass is 10.1. The summed E-state index contributed by atoms with van der Waals surface area (Å²) in [5.41, 5.74) is 4.44. The fraction of sp³-hybridized carbons (Fsp3) is 0.205. The number of ether oxygens (including phenoxy) is 3. The van der Waals surface area contributed by atoms with E-state index in [0.29, 0.717) is 105 Å². The van der Waals surface area contributed by atoms with Crippen molar-refractivity contribution in [2.75, 3.05) is 124 Å². The maximum Gasteiger partial charge on any atom is 0.341 e. The van der Waals surface area contributed by atoms with Crippen molar-refractivity contribution in [3.05, 3.63) is 216 Å². The van der Waals surface area contributed by atoms with E-state index in [-0.39, 0.29) is 142 Å². The van der Waals surface area contributed by atoms with Crippen LogP contribution in [0.3, 0.4) is 0 Å². The zero-order valence-electron chi connectivity index (χ0n) is 66.6. The van der Waals surface area contributed by atoms with Crippen LogP contribution in [0.15, 0.2) is 213 Å². The lowest BCUT2D eigenvalue weighted by molar-refractivity contribution is 0.0683. The molecule has 0 spiro atoms. The number of nitrogens with zero attached hydrogens (tertiary/aromatic N) is 10. The monoisotopic (exact) mass is 2060 g/mol. The molecule has 9 heterocycles. The number of benzene rings is 8. The fourth-order valence-electron chi connectivity index (χ4n) is 14.2. The summed E-state index contributed by atoms with van der Waals surface area (Å²) in [5, 5.41) is 77.5. The van der Waals surface area contributed by atoms with Gasteiger partial charge in [0.25, 0.3) is 0 Å². The van der Waals surface area contributed by atoms with Crippen LogP contribution in [0.25, 0.3) is 55.0 Å². The van der Waals surface area contributed by atoms with Crippen molar-refractivity contribution in [1.29, 1.82) is 0 Å². The van der Waals surface area contributed by atoms with E-state index in [4.69, 9.17) is 18.7 Å². The lowest BCUT2D eigenvalue weighted by Gasteiger charge is -2.34. The first kappa shape index (κ1) is 91.7. The molecular weight excluding hydrogens is 1990 g/mol. The normalized spacial score (nSPS) is 14.7. The highest BCUT2D eigenvalue weighted by atomic mass is 79.9. The van der Waals surface area contributed by atoms with Crippen LogP contribution in [0.1, 0.15) is 53.4 Å². The van der Waals surface area contributed by atoms with E-state index < -0.39 is 69.3 Å². The minimum Gasteiger partial charge on any atom is -0.507 e. The van der Waals surface area contributed by atoms with Gasteiger partial charge in [0.1, 0.15) is 48.4 Å². The average molecular weight is 2070 g/mol. The second-order valence-corrected chi connectivity index (χ2v) is 39.9. The smallest absolute Gasteiger partial charge is 0.341 e. The third kappa shape index (κ3) is 19.8. The van der Waals surface area contributed by atoms with Crippen molar-refractivity contribution in [2.45, 2.75) is 32.9 Å². The molecule has 44 heteroatoms. The number of aromatic carboxylic acids is 4. The molecule has 0 amide bonds. The average Bonchev–Trinajstić information content (AvgIpc) is 1.61. The highest BCUT2D eigenvalue weighted by Crippen LogP contribution is 2.44. The topological polar surface area (TPSA) is 505 Å². The number of hydrogen-bond donors (Lipinski definition) is 10. The Balaban J connectivity index is 0.000000138. The molecule has 0 bridgehead atoms. The van der Waals surface area contributed by atoms with Crippen molar-refractivity contribution in [3.63, 3.8) is 0 Å². The van der Waals surface area contributed by atoms with Gasteiger partial charge in [0.05, 0.1) is 123 Å². The van der Waals surface area contributed by atoms with Gasteiger partial charge in [-0.05, 0) is 134 Å². The highest BCUT2D eigenvalue weighted by Gasteiger charge is 2.37. The number of carboxylic acids is 4. The summed E-state index contributed by atoms with van der Waals surface area (Å²) in [6, 6.07) is 37.8. The van der Waals surface area contributed by atoms with Crippen LogP contribution in [-0.4, -0.2) is 229 Å². The van der Waals surface area contributed by atoms with Crippen LogP contribution >= 0.6 is 63.7 Å². The Kier molecular flexibility index (Phi) is 27.9. The van der Waals surface area contributed by atoms with Crippen molar-refractivity contribution >= 4 is 222 Å². The molecule has 0 aliphatic carbocycles. The number of aromatic nitrogens is 6. The van der Waals surface area contributed by atoms with E-state index in [1.54, 1.807) is 98.0 Å². The molecule has 10 N–H and O–H groups in total. The maximum absolute atomic E-state index is 13.6. The quantitative estimate of drug-likeness (QED) is 0.0319. The van der Waals surface area contributed by atoms with Gasteiger partial charge in [-0.2, -0.15) is 17.9 Å². The molecule has 127 heavy (non-hydrogen) atoms. The number of pyridine rings is 4. The number of rotatable bonds is 21. The molecule has 4 saturated heterocycles. The van der Waals surface area contributed by atoms with Gasteiger partial charge in [0.2, 0.25) is 42.3 Å². The van der Waals surface area contributed by atoms with Gasteiger partial charge in [0.15, 0.2) is 9.84 Å². The molecule has 0 unspecified atom stereocenters. The van der Waals surface area contributed by atoms with Crippen LogP contribution in [0, 0.1) is 6.92 Å². The molecule has 36 nitrogen and oxygen atoms in total. The number of carbonyl (C=O) groups is 4. The first-order valence-electron chi connectivity index (χ1n) is 38.3. The highest BCUT2D eigenvalue weighted by molar-refractivity contribution is 9.11. The van der Waals surface area contributed by atoms with Gasteiger partial charge in [-0.25, -0.2) is 52.8 Å². The fourth-order valence-corrected chi connectivity index (χ4v) is 21.1. The van der Waals surface area contributed by atoms with Crippen LogP contribution in [0.2, 0.25) is 0 Å². The second-order valence-electron chi connectivity index (χ2n) is 28.6. The molecular formula is C83H74Br4N14O22S4. The van der Waals surface area contributed by atoms with E-state index in [1.807, 2.05) is 29.2 Å². The van der Waals surface area contributed by atoms with E-state index in [9.17, 15) is 83.5 Å². The van der Waals surface area contributed by atoms with Gasteiger partial charge < -0.3 is 75.5 Å². The van der Waals surface area contributed by atoms with Crippen molar-refractivity contribution in [1.82, 2.24) is 43.0 Å². The van der Waals surface area contributed by atoms with Crippen molar-refractivity contribution in [3.8, 4) is 22.9 Å². The molecule has 4 aliphatic heterocycles. The maximum atomic E-state index is 13.6. The van der Waals surface area contributed by atoms with Crippen LogP contribution < -0.4 is 26.2 Å². The minimum atomic E-state index is -4.04. The summed E-state index contributed by atoms with van der Waals surface area (Å²) in [4.78, 5) is 70.6. The predicted molar refractivity (Wildman–Crippen MR) is 485 cm³/mol. The van der Waals surface area contributed by atoms with Crippen molar-refractivity contribution < 1.29 is 102 Å². The number of halogens is 4. The van der Waals surface area contributed by atoms with Gasteiger partial charge in [-0.15, -0.1) is 0 Å². The van der Waals surface area contributed by atoms with Gasteiger partial charge in [-0.1, -0.05) is 93.1 Å². The van der Waals surface area contributed by atoms with Crippen LogP contribution in [0.5, 0.6) is 11.5 Å². The third-order valence-electron chi connectivity index (χ3n) is 20.6. The molecule has 13 aromatic rings. The summed E-state index contributed by atoms with van der Waals surface area (Å²) < 4.78 is 133. The predicted octanol–water partition coefficient (Wildman–Crippen LogP) is 14.2. The van der Waals surface area contributed by atoms with Gasteiger partial charge in [-0.3, -0.25) is 19.9 Å². The number of sulfone groups is 1. The number of carboxylic acid groups (broad SMARTS) is 4. The van der Waals surface area contributed by atoms with Crippen LogP contribution in [0.4, 0.5) is 51.2 Å². The summed E-state index contributed by atoms with van der Waals surface area (Å²) in [6.07, 6.45) is 8.49. The Labute approximate surface area is 758 Å². The Morgan fingerprint density at radius 2 is 0.764 bits per heavy atom. The number of aryl methyl sites for hydroxylation is 1. The zero-order valence-corrected chi connectivity index (χ0v) is 76.2. The minimum absolute atomic E-state index is 0.00862. The number of anilines is 9. The number of hydrogen-bond acceptors (Lipinski definition) is 29. The van der Waals surface area contributed by atoms with Crippen LogP contribution in [-0.2, 0) is 54.1 Å². The Morgan fingerprint density at radius 3 is 1.14 bits per heavy atom. The lowest BCUT2D eigenvalue weighted by Crippen LogP contribution is -2.40. The molecule has 4 fully saturated rings. The van der Waals surface area contributed by atoms with E-state index in [2.05, 4.69) is 115 Å². The SMILES string of the molecule is CS(=O)(=O)c1cccc(Nc2c(S(=O)(=O)N3CCOCC3)cnc3ccc(Br)cc23)c1C(=O)O.Cc1ccc(Nc2c(S(=O)(=O)N3CCOCC3)cnc3ccc(Br)cc23)c(C(=O)O)c1O.O=C(O)c1c(Nc2c(S(=O)(=O)N3CCOCC3)cnc3ccc(Br)cc23)cccc1N1CCC1.O=C(O)c1c(O)cccc1Nc1c(-c2ncon2)cnc2ccc(Br)cc12. The standard InChI is InChI=1S/C23H23BrN4O5S.C21H20BrN3O7S2.C21H20BrN3O6S.C18H11BrN4O4/c24-15-5-6-17-16(13-15)22(20(14-25-17)34(31,32)28-9-11-33-12-10-28)26-18-3-1-4-19(21(18)23(29)30)27-7-2-8-27;1-33(28,29)17-4-2-3-16(19(17)21(26)27)24-20-14-11-13(22)5-6-15(14)23-12-18(20)34(30,31)25-7-9-32-10-8-25;1-12-2-4-16(18(20(12)26)21(27)28)24-19-14-10-13(22)3-5-15(14)23-11-17(19)32(29,30)25-6-8-31-9-7-25;19-9-4-5-12-10(6-9)16(11(7-20-12)17-21-8-27-23-17)22-13-2-1-3-14(24)15(13)18(25)26/h1,3-6,13-14H,2,7-12H2,(H,25,26)(H,29,30);2-6,11-12H,7-10H2,1H3,(H,23,24)(H,26,27);2-5,10-11,26H,6-9H2,1H3,(H,23,24)(H,27,28);1-8,24H,(H,20,22)(H,25,26). The molecule has 0 saturated carbocycles. The summed E-state index contributed by atoms with van der Waals surface area (Å²) in [5.74, 6) is -5.58. The number of morpholine rings is 3. The number of aromatic hydroxyl groups is 2. The molecule has 8 aromatic carbocycles. The molecule has 5 aromatic heterocycles. The third-order valence-corrected chi connectivity index (χ3v) is 29.4. The Bertz CT molecular complexity index is 7020. The zero-order chi connectivity index (χ0) is 90.6. The summed E-state index contributed by atoms with van der Waals surface area (Å²) in [6.45, 7) is 6.01. The Hall–Kier alpha value is -11.5. The molecule has 0 atom stereocenters. The molecule has 4 aliphatic rings. The van der Waals surface area contributed by atoms with E-state index in [0.717, 1.165) is 34.7 Å². The van der Waals surface area contributed by atoms with Gasteiger partial charge >= 0.3 is 23.9 Å². The second kappa shape index (κ2) is 38.6. The first-order chi connectivity index (χ1) is 60.6. The number of sulfonamides is 3. The van der Waals surface area contributed by atoms with Gasteiger partial charge in [0, 0.05) is 123 Å². The van der Waals surface area contributed by atoms with E-state index >= 15 is 0 Å². The Morgan fingerprint density at radius 1 is 0.402 bits per heavy atom. The first-order valence-corrected chi connectivity index (χ1v) is 47.7. The number of nitrogens with one attached hydrogen (secondary N) is 4. The molecule has 17 rings (SSSR count). The molecule has 0 radical (unpaired) electrons. The van der Waals surface area contributed by atoms with E-state index in [1.165, 1.54) is 68.2 Å². The molecule has 660 valence electrons. The largest absolute Gasteiger partial charge is 0.507 e.